The van der Waals surface area contributed by atoms with Crippen molar-refractivity contribution >= 4 is 29.0 Å². The quantitative estimate of drug-likeness (QED) is 0.858. The Morgan fingerprint density at radius 3 is 2.62 bits per heavy atom. The van der Waals surface area contributed by atoms with E-state index in [4.69, 9.17) is 11.6 Å². The van der Waals surface area contributed by atoms with E-state index in [-0.39, 0.29) is 5.91 Å². The van der Waals surface area contributed by atoms with Gasteiger partial charge in [-0.15, -0.1) is 0 Å². The molecule has 138 valence electrons. The summed E-state index contributed by atoms with van der Waals surface area (Å²) in [7, 11) is 0. The number of halogens is 1. The second-order valence-corrected chi connectivity index (χ2v) is 7.30. The average molecular weight is 373 g/mol. The number of piperazine rings is 1. The van der Waals surface area contributed by atoms with Gasteiger partial charge in [-0.1, -0.05) is 18.5 Å². The van der Waals surface area contributed by atoms with E-state index in [9.17, 15) is 4.79 Å². The zero-order valence-electron chi connectivity index (χ0n) is 15.4. The summed E-state index contributed by atoms with van der Waals surface area (Å²) in [6.45, 7) is 8.19. The van der Waals surface area contributed by atoms with Gasteiger partial charge in [0.25, 0.3) is 5.91 Å². The van der Waals surface area contributed by atoms with Crippen LogP contribution >= 0.6 is 11.6 Å². The zero-order valence-corrected chi connectivity index (χ0v) is 16.2. The van der Waals surface area contributed by atoms with Gasteiger partial charge in [0.05, 0.1) is 5.56 Å². The van der Waals surface area contributed by atoms with Crippen LogP contribution in [-0.4, -0.2) is 36.1 Å². The van der Waals surface area contributed by atoms with Crippen LogP contribution in [0.4, 0.5) is 11.5 Å². The van der Waals surface area contributed by atoms with E-state index in [2.05, 4.69) is 34.4 Å². The smallest absolute Gasteiger partial charge is 0.257 e. The monoisotopic (exact) mass is 372 g/mol. The molecule has 2 N–H and O–H groups in total. The van der Waals surface area contributed by atoms with Crippen LogP contribution in [0.25, 0.3) is 0 Å². The second-order valence-electron chi connectivity index (χ2n) is 6.89. The van der Waals surface area contributed by atoms with Crippen LogP contribution in [0, 0.1) is 0 Å². The first-order valence-corrected chi connectivity index (χ1v) is 9.41. The summed E-state index contributed by atoms with van der Waals surface area (Å²) in [5.41, 5.74) is 2.29. The van der Waals surface area contributed by atoms with Crippen molar-refractivity contribution in [2.45, 2.75) is 39.3 Å². The van der Waals surface area contributed by atoms with Gasteiger partial charge in [0, 0.05) is 42.1 Å². The van der Waals surface area contributed by atoms with Gasteiger partial charge in [-0.2, -0.15) is 0 Å². The van der Waals surface area contributed by atoms with E-state index in [1.807, 2.05) is 37.3 Å². The molecule has 1 fully saturated rings. The standard InChI is InChI=1S/C20H25ClN4O/c1-4-15-9-17(6-7-18(15)21)24-20(26)16-5-8-19(22-10-16)25-11-13(2)23-14(3)12-25/h5-10,13-14,23H,4,11-12H2,1-3H3,(H,24,26). The van der Waals surface area contributed by atoms with Gasteiger partial charge in [-0.25, -0.2) is 4.98 Å². The summed E-state index contributed by atoms with van der Waals surface area (Å²) in [5, 5.41) is 7.14. The van der Waals surface area contributed by atoms with Crippen molar-refractivity contribution in [3.05, 3.63) is 52.7 Å². The number of benzene rings is 1. The van der Waals surface area contributed by atoms with Gasteiger partial charge in [-0.3, -0.25) is 4.79 Å². The largest absolute Gasteiger partial charge is 0.354 e. The molecule has 1 aliphatic rings. The van der Waals surface area contributed by atoms with E-state index in [1.54, 1.807) is 6.20 Å². The maximum atomic E-state index is 12.5. The summed E-state index contributed by atoms with van der Waals surface area (Å²) in [5.74, 6) is 0.733. The molecule has 2 heterocycles. The van der Waals surface area contributed by atoms with Gasteiger partial charge in [0.1, 0.15) is 5.82 Å². The topological polar surface area (TPSA) is 57.3 Å². The van der Waals surface area contributed by atoms with Gasteiger partial charge in [0.15, 0.2) is 0 Å². The van der Waals surface area contributed by atoms with Gasteiger partial charge in [0.2, 0.25) is 0 Å². The Kier molecular flexibility index (Phi) is 5.79. The molecular weight excluding hydrogens is 348 g/mol. The third-order valence-electron chi connectivity index (χ3n) is 4.58. The number of aromatic nitrogens is 1. The minimum atomic E-state index is -0.171. The number of amides is 1. The van der Waals surface area contributed by atoms with Crippen LogP contribution in [0.15, 0.2) is 36.5 Å². The number of aryl methyl sites for hydroxylation is 1. The summed E-state index contributed by atoms with van der Waals surface area (Å²) >= 11 is 6.13. The minimum absolute atomic E-state index is 0.171. The molecule has 6 heteroatoms. The lowest BCUT2D eigenvalue weighted by atomic mass is 10.1. The fourth-order valence-corrected chi connectivity index (χ4v) is 3.60. The fourth-order valence-electron chi connectivity index (χ4n) is 3.35. The Morgan fingerprint density at radius 2 is 2.00 bits per heavy atom. The number of hydrogen-bond donors (Lipinski definition) is 2. The normalized spacial score (nSPS) is 20.1. The molecule has 0 saturated carbocycles. The third-order valence-corrected chi connectivity index (χ3v) is 4.94. The molecule has 2 atom stereocenters. The Bertz CT molecular complexity index is 768. The van der Waals surface area contributed by atoms with E-state index in [0.717, 1.165) is 41.6 Å². The van der Waals surface area contributed by atoms with Crippen LogP contribution < -0.4 is 15.5 Å². The van der Waals surface area contributed by atoms with Crippen molar-refractivity contribution in [1.29, 1.82) is 0 Å². The van der Waals surface area contributed by atoms with Crippen LogP contribution in [0.5, 0.6) is 0 Å². The Hall–Kier alpha value is -2.11. The molecule has 1 amide bonds. The van der Waals surface area contributed by atoms with E-state index < -0.39 is 0 Å². The second kappa shape index (κ2) is 8.06. The number of rotatable bonds is 4. The lowest BCUT2D eigenvalue weighted by molar-refractivity contribution is 0.102. The average Bonchev–Trinajstić information content (AvgIpc) is 2.62. The van der Waals surface area contributed by atoms with Crippen molar-refractivity contribution in [2.24, 2.45) is 0 Å². The molecule has 3 rings (SSSR count). The molecule has 1 aliphatic heterocycles. The minimum Gasteiger partial charge on any atom is -0.354 e. The maximum Gasteiger partial charge on any atom is 0.257 e. The third kappa shape index (κ3) is 4.34. The van der Waals surface area contributed by atoms with Gasteiger partial charge < -0.3 is 15.5 Å². The number of nitrogens with one attached hydrogen (secondary N) is 2. The molecule has 2 aromatic rings. The first-order chi connectivity index (χ1) is 12.5. The first kappa shape index (κ1) is 18.7. The molecule has 0 radical (unpaired) electrons. The molecule has 2 unspecified atom stereocenters. The molecule has 5 nitrogen and oxygen atoms in total. The molecule has 26 heavy (non-hydrogen) atoms. The molecule has 0 bridgehead atoms. The Balaban J connectivity index is 1.69. The number of pyridine rings is 1. The van der Waals surface area contributed by atoms with Crippen LogP contribution in [0.2, 0.25) is 5.02 Å². The predicted octanol–water partition coefficient (Wildman–Crippen LogP) is 3.74. The first-order valence-electron chi connectivity index (χ1n) is 9.03. The molecule has 1 aromatic carbocycles. The molecule has 1 saturated heterocycles. The SMILES string of the molecule is CCc1cc(NC(=O)c2ccc(N3CC(C)NC(C)C3)nc2)ccc1Cl. The molecule has 1 aromatic heterocycles. The predicted molar refractivity (Wildman–Crippen MR) is 107 cm³/mol. The highest BCUT2D eigenvalue weighted by atomic mass is 35.5. The summed E-state index contributed by atoms with van der Waals surface area (Å²) < 4.78 is 0. The molecular formula is C20H25ClN4O. The number of carbonyl (C=O) groups excluding carboxylic acids is 1. The van der Waals surface area contributed by atoms with Crippen molar-refractivity contribution in [3.8, 4) is 0 Å². The Morgan fingerprint density at radius 1 is 1.27 bits per heavy atom. The van der Waals surface area contributed by atoms with Crippen molar-refractivity contribution < 1.29 is 4.79 Å². The van der Waals surface area contributed by atoms with E-state index >= 15 is 0 Å². The lowest BCUT2D eigenvalue weighted by Crippen LogP contribution is -2.54. The van der Waals surface area contributed by atoms with Crippen LogP contribution in [0.3, 0.4) is 0 Å². The number of nitrogens with zero attached hydrogens (tertiary/aromatic N) is 2. The summed E-state index contributed by atoms with van der Waals surface area (Å²) in [6.07, 6.45) is 2.46. The van der Waals surface area contributed by atoms with Crippen LogP contribution in [0.1, 0.15) is 36.7 Å². The van der Waals surface area contributed by atoms with Gasteiger partial charge >= 0.3 is 0 Å². The van der Waals surface area contributed by atoms with E-state index in [1.165, 1.54) is 0 Å². The summed E-state index contributed by atoms with van der Waals surface area (Å²) in [6, 6.07) is 10.1. The number of anilines is 2. The zero-order chi connectivity index (χ0) is 18.7. The van der Waals surface area contributed by atoms with Gasteiger partial charge in [-0.05, 0) is 56.2 Å². The van der Waals surface area contributed by atoms with Crippen LogP contribution in [-0.2, 0) is 6.42 Å². The van der Waals surface area contributed by atoms with Crippen molar-refractivity contribution in [3.63, 3.8) is 0 Å². The summed E-state index contributed by atoms with van der Waals surface area (Å²) in [4.78, 5) is 19.2. The highest BCUT2D eigenvalue weighted by molar-refractivity contribution is 6.31. The number of hydrogen-bond acceptors (Lipinski definition) is 4. The fraction of sp³-hybridized carbons (Fsp3) is 0.400. The highest BCUT2D eigenvalue weighted by Gasteiger charge is 2.22. The van der Waals surface area contributed by atoms with Crippen molar-refractivity contribution in [2.75, 3.05) is 23.3 Å². The lowest BCUT2D eigenvalue weighted by Gasteiger charge is -2.36. The Labute approximate surface area is 159 Å². The van der Waals surface area contributed by atoms with E-state index in [0.29, 0.717) is 17.6 Å². The molecule has 0 spiro atoms. The maximum absolute atomic E-state index is 12.5. The van der Waals surface area contributed by atoms with Crippen molar-refractivity contribution in [1.82, 2.24) is 10.3 Å². The highest BCUT2D eigenvalue weighted by Crippen LogP contribution is 2.22. The molecule has 0 aliphatic carbocycles. The number of carbonyl (C=O) groups is 1.